The first kappa shape index (κ1) is 8.48. The summed E-state index contributed by atoms with van der Waals surface area (Å²) in [5, 5.41) is 0. The Bertz CT molecular complexity index is 161. The average Bonchev–Trinajstić information content (AvgIpc) is 2.55. The van der Waals surface area contributed by atoms with Crippen LogP contribution in [0.5, 0.6) is 0 Å². The summed E-state index contributed by atoms with van der Waals surface area (Å²) in [4.78, 5) is 0. The highest BCUT2D eigenvalue weighted by Gasteiger charge is 2.38. The van der Waals surface area contributed by atoms with E-state index >= 15 is 0 Å². The summed E-state index contributed by atoms with van der Waals surface area (Å²) in [6.45, 7) is 5.45. The van der Waals surface area contributed by atoms with Crippen molar-refractivity contribution < 1.29 is 14.2 Å². The largest absolute Gasteiger partial charge is 0.375 e. The fraction of sp³-hybridized carbons (Fsp3) is 1.00. The van der Waals surface area contributed by atoms with Crippen molar-refractivity contribution in [3.63, 3.8) is 0 Å². The van der Waals surface area contributed by atoms with Crippen LogP contribution in [-0.2, 0) is 14.2 Å². The van der Waals surface area contributed by atoms with E-state index in [1.54, 1.807) is 0 Å². The smallest absolute Gasteiger partial charge is 0.163 e. The molecule has 0 saturated carbocycles. The van der Waals surface area contributed by atoms with E-state index in [0.717, 1.165) is 19.4 Å². The molecule has 0 aromatic carbocycles. The van der Waals surface area contributed by atoms with Gasteiger partial charge in [-0.25, -0.2) is 0 Å². The van der Waals surface area contributed by atoms with Gasteiger partial charge in [0, 0.05) is 6.61 Å². The van der Waals surface area contributed by atoms with Crippen molar-refractivity contribution in [1.29, 1.82) is 0 Å². The Hall–Kier alpha value is -0.120. The van der Waals surface area contributed by atoms with Crippen LogP contribution < -0.4 is 0 Å². The second-order valence-corrected chi connectivity index (χ2v) is 3.92. The lowest BCUT2D eigenvalue weighted by molar-refractivity contribution is -0.151. The summed E-state index contributed by atoms with van der Waals surface area (Å²) in [5.41, 5.74) is 0. The van der Waals surface area contributed by atoms with Gasteiger partial charge in [0.25, 0.3) is 0 Å². The summed E-state index contributed by atoms with van der Waals surface area (Å²) in [7, 11) is 0. The highest BCUT2D eigenvalue weighted by Crippen LogP contribution is 2.28. The van der Waals surface area contributed by atoms with Gasteiger partial charge < -0.3 is 14.2 Å². The zero-order chi connectivity index (χ0) is 8.60. The van der Waals surface area contributed by atoms with Gasteiger partial charge in [0.15, 0.2) is 5.79 Å². The summed E-state index contributed by atoms with van der Waals surface area (Å²) in [6, 6.07) is 0. The molecule has 2 rings (SSSR count). The van der Waals surface area contributed by atoms with E-state index in [1.807, 2.05) is 13.8 Å². The van der Waals surface area contributed by atoms with Gasteiger partial charge in [0.05, 0.1) is 12.7 Å². The van der Waals surface area contributed by atoms with Crippen LogP contribution in [0.15, 0.2) is 0 Å². The number of hydrogen-bond acceptors (Lipinski definition) is 3. The molecule has 2 heterocycles. The van der Waals surface area contributed by atoms with Crippen molar-refractivity contribution in [3.8, 4) is 0 Å². The Morgan fingerprint density at radius 1 is 1.25 bits per heavy atom. The first-order valence-electron chi connectivity index (χ1n) is 4.61. The van der Waals surface area contributed by atoms with E-state index in [2.05, 4.69) is 0 Å². The van der Waals surface area contributed by atoms with Crippen molar-refractivity contribution in [3.05, 3.63) is 0 Å². The third kappa shape index (κ3) is 1.63. The van der Waals surface area contributed by atoms with Crippen LogP contribution in [0.3, 0.4) is 0 Å². The van der Waals surface area contributed by atoms with E-state index in [1.165, 1.54) is 0 Å². The second kappa shape index (κ2) is 2.98. The molecule has 0 bridgehead atoms. The maximum Gasteiger partial charge on any atom is 0.163 e. The molecule has 70 valence electrons. The van der Waals surface area contributed by atoms with Gasteiger partial charge in [0.2, 0.25) is 0 Å². The summed E-state index contributed by atoms with van der Waals surface area (Å²) in [5.74, 6) is -0.406. The van der Waals surface area contributed by atoms with Crippen molar-refractivity contribution in [2.45, 2.75) is 44.7 Å². The Kier molecular flexibility index (Phi) is 2.10. The Balaban J connectivity index is 1.90. The minimum Gasteiger partial charge on any atom is -0.375 e. The molecule has 2 fully saturated rings. The van der Waals surface area contributed by atoms with Crippen LogP contribution in [-0.4, -0.2) is 31.2 Å². The number of rotatable bonds is 1. The van der Waals surface area contributed by atoms with Crippen molar-refractivity contribution in [1.82, 2.24) is 0 Å². The van der Waals surface area contributed by atoms with Gasteiger partial charge in [0.1, 0.15) is 6.10 Å². The third-order valence-electron chi connectivity index (χ3n) is 2.41. The maximum absolute atomic E-state index is 5.69. The molecule has 2 aliphatic rings. The minimum atomic E-state index is -0.406. The van der Waals surface area contributed by atoms with Crippen molar-refractivity contribution in [2.24, 2.45) is 0 Å². The molecular formula is C9H16O3. The molecule has 0 unspecified atom stereocenters. The molecule has 2 aliphatic heterocycles. The maximum atomic E-state index is 5.69. The zero-order valence-corrected chi connectivity index (χ0v) is 7.71. The van der Waals surface area contributed by atoms with Gasteiger partial charge in [-0.1, -0.05) is 0 Å². The van der Waals surface area contributed by atoms with Gasteiger partial charge in [-0.3, -0.25) is 0 Å². The van der Waals surface area contributed by atoms with Gasteiger partial charge >= 0.3 is 0 Å². The quantitative estimate of drug-likeness (QED) is 0.597. The molecule has 12 heavy (non-hydrogen) atoms. The monoisotopic (exact) mass is 172 g/mol. The Morgan fingerprint density at radius 3 is 2.58 bits per heavy atom. The molecule has 0 spiro atoms. The second-order valence-electron chi connectivity index (χ2n) is 3.92. The predicted molar refractivity (Wildman–Crippen MR) is 43.9 cm³/mol. The minimum absolute atomic E-state index is 0.155. The predicted octanol–water partition coefficient (Wildman–Crippen LogP) is 1.32. The first-order chi connectivity index (χ1) is 5.67. The lowest BCUT2D eigenvalue weighted by atomic mass is 10.1. The fourth-order valence-corrected chi connectivity index (χ4v) is 1.79. The average molecular weight is 172 g/mol. The van der Waals surface area contributed by atoms with Crippen molar-refractivity contribution >= 4 is 0 Å². The SMILES string of the molecule is CC1(C)OC[C@H]([C@@H]2CCCO2)O1. The zero-order valence-electron chi connectivity index (χ0n) is 7.71. The number of ether oxygens (including phenoxy) is 3. The van der Waals surface area contributed by atoms with Crippen LogP contribution in [0.4, 0.5) is 0 Å². The standard InChI is InChI=1S/C9H16O3/c1-9(2)11-6-8(12-9)7-4-3-5-10-7/h7-8H,3-6H2,1-2H3/t7-,8+/m0/s1. The van der Waals surface area contributed by atoms with Gasteiger partial charge in [-0.05, 0) is 26.7 Å². The number of hydrogen-bond donors (Lipinski definition) is 0. The summed E-state index contributed by atoms with van der Waals surface area (Å²) >= 11 is 0. The van der Waals surface area contributed by atoms with Crippen LogP contribution in [0.25, 0.3) is 0 Å². The summed E-state index contributed by atoms with van der Waals surface area (Å²) in [6.07, 6.45) is 2.70. The molecule has 2 atom stereocenters. The molecular weight excluding hydrogens is 156 g/mol. The molecule has 0 radical (unpaired) electrons. The van der Waals surface area contributed by atoms with Crippen LogP contribution in [0.2, 0.25) is 0 Å². The van der Waals surface area contributed by atoms with E-state index in [9.17, 15) is 0 Å². The van der Waals surface area contributed by atoms with Crippen molar-refractivity contribution in [2.75, 3.05) is 13.2 Å². The topological polar surface area (TPSA) is 27.7 Å². The molecule has 0 amide bonds. The molecule has 0 N–H and O–H groups in total. The molecule has 0 aromatic heterocycles. The first-order valence-corrected chi connectivity index (χ1v) is 4.61. The lowest BCUT2D eigenvalue weighted by Gasteiger charge is -2.20. The Labute approximate surface area is 73.0 Å². The lowest BCUT2D eigenvalue weighted by Crippen LogP contribution is -2.30. The molecule has 3 heteroatoms. The third-order valence-corrected chi connectivity index (χ3v) is 2.41. The van der Waals surface area contributed by atoms with Crippen LogP contribution in [0.1, 0.15) is 26.7 Å². The van der Waals surface area contributed by atoms with E-state index in [0.29, 0.717) is 6.61 Å². The highest BCUT2D eigenvalue weighted by atomic mass is 16.7. The van der Waals surface area contributed by atoms with Crippen LogP contribution >= 0.6 is 0 Å². The normalized spacial score (nSPS) is 40.5. The van der Waals surface area contributed by atoms with E-state index in [-0.39, 0.29) is 12.2 Å². The van der Waals surface area contributed by atoms with E-state index in [4.69, 9.17) is 14.2 Å². The molecule has 0 aromatic rings. The molecule has 2 saturated heterocycles. The molecule has 3 nitrogen and oxygen atoms in total. The van der Waals surface area contributed by atoms with Gasteiger partial charge in [-0.15, -0.1) is 0 Å². The summed E-state index contributed by atoms with van der Waals surface area (Å²) < 4.78 is 16.7. The van der Waals surface area contributed by atoms with E-state index < -0.39 is 5.79 Å². The Morgan fingerprint density at radius 2 is 2.08 bits per heavy atom. The van der Waals surface area contributed by atoms with Crippen LogP contribution in [0, 0.1) is 0 Å². The molecule has 0 aliphatic carbocycles. The van der Waals surface area contributed by atoms with Gasteiger partial charge in [-0.2, -0.15) is 0 Å². The highest BCUT2D eigenvalue weighted by molar-refractivity contribution is 4.81. The fourth-order valence-electron chi connectivity index (χ4n) is 1.79.